The van der Waals surface area contributed by atoms with Crippen molar-refractivity contribution in [3.05, 3.63) is 24.3 Å². The first-order valence-electron chi connectivity index (χ1n) is 2.51. The van der Waals surface area contributed by atoms with Crippen molar-refractivity contribution in [2.75, 3.05) is 11.2 Å². The van der Waals surface area contributed by atoms with Gasteiger partial charge in [0.15, 0.2) is 0 Å². The summed E-state index contributed by atoms with van der Waals surface area (Å²) in [6.07, 6.45) is 0. The van der Waals surface area contributed by atoms with Crippen LogP contribution in [0.2, 0.25) is 0 Å². The Morgan fingerprint density at radius 2 is 2.44 bits per heavy atom. The Balaban J connectivity index is 3.01. The molecule has 9 heavy (non-hydrogen) atoms. The van der Waals surface area contributed by atoms with Crippen LogP contribution in [0.4, 0.5) is 11.4 Å². The molecule has 0 unspecified atom stereocenters. The highest BCUT2D eigenvalue weighted by Gasteiger charge is 1.91. The average Bonchev–Trinajstić information content (AvgIpc) is 1.89. The molecule has 47 valence electrons. The number of nitrogens with one attached hydrogen (secondary N) is 1. The van der Waals surface area contributed by atoms with Crippen LogP contribution in [0.5, 0.6) is 0 Å². The van der Waals surface area contributed by atoms with E-state index in [4.69, 9.17) is 10.9 Å². The highest BCUT2D eigenvalue weighted by Crippen LogP contribution is 2.13. The third-order valence-electron chi connectivity index (χ3n) is 1.01. The summed E-state index contributed by atoms with van der Waals surface area (Å²) >= 11 is 0. The van der Waals surface area contributed by atoms with Crippen molar-refractivity contribution in [3.8, 4) is 0 Å². The second-order valence-electron chi connectivity index (χ2n) is 1.61. The molecule has 1 rings (SSSR count). The van der Waals surface area contributed by atoms with Crippen LogP contribution in [-0.2, 0) is 0 Å². The fourth-order valence-electron chi connectivity index (χ4n) is 0.547. The van der Waals surface area contributed by atoms with E-state index < -0.39 is 0 Å². The number of hydrogen-bond donors (Lipinski definition) is 3. The minimum Gasteiger partial charge on any atom is -0.396 e. The maximum atomic E-state index is 8.37. The van der Waals surface area contributed by atoms with E-state index in [1.165, 1.54) is 0 Å². The zero-order valence-electron chi connectivity index (χ0n) is 4.76. The molecule has 0 atom stereocenters. The molecular formula is C6H7N2O. The molecule has 0 aliphatic rings. The van der Waals surface area contributed by atoms with Gasteiger partial charge in [0.25, 0.3) is 0 Å². The molecule has 0 fully saturated rings. The average molecular weight is 123 g/mol. The summed E-state index contributed by atoms with van der Waals surface area (Å²) in [5, 5.41) is 8.37. The van der Waals surface area contributed by atoms with Gasteiger partial charge in [0, 0.05) is 6.07 Å². The minimum atomic E-state index is 0.417. The van der Waals surface area contributed by atoms with Gasteiger partial charge in [-0.15, -0.1) is 0 Å². The fraction of sp³-hybridized carbons (Fsp3) is 0. The van der Waals surface area contributed by atoms with Gasteiger partial charge in [-0.2, -0.15) is 0 Å². The zero-order valence-corrected chi connectivity index (χ0v) is 4.76. The smallest absolute Gasteiger partial charge is 0.0837 e. The van der Waals surface area contributed by atoms with E-state index in [0.29, 0.717) is 11.4 Å². The van der Waals surface area contributed by atoms with Crippen molar-refractivity contribution in [3.63, 3.8) is 0 Å². The van der Waals surface area contributed by atoms with E-state index >= 15 is 0 Å². The van der Waals surface area contributed by atoms with Gasteiger partial charge in [0.2, 0.25) is 0 Å². The lowest BCUT2D eigenvalue weighted by molar-refractivity contribution is 0.389. The van der Waals surface area contributed by atoms with Gasteiger partial charge in [-0.05, 0) is 6.07 Å². The summed E-state index contributed by atoms with van der Waals surface area (Å²) in [5.74, 6) is 0. The summed E-state index contributed by atoms with van der Waals surface area (Å²) < 4.78 is 0. The molecule has 3 nitrogen and oxygen atoms in total. The van der Waals surface area contributed by atoms with Gasteiger partial charge in [-0.3, -0.25) is 10.7 Å². The van der Waals surface area contributed by atoms with Crippen LogP contribution in [0.15, 0.2) is 18.2 Å². The molecule has 0 spiro atoms. The summed E-state index contributed by atoms with van der Waals surface area (Å²) in [4.78, 5) is 0. The number of benzene rings is 1. The first-order valence-corrected chi connectivity index (χ1v) is 2.51. The maximum absolute atomic E-state index is 8.37. The van der Waals surface area contributed by atoms with Crippen molar-refractivity contribution < 1.29 is 5.21 Å². The summed E-state index contributed by atoms with van der Waals surface area (Å²) in [5.41, 5.74) is 8.19. The van der Waals surface area contributed by atoms with Crippen LogP contribution in [-0.4, -0.2) is 5.21 Å². The predicted octanol–water partition coefficient (Wildman–Crippen LogP) is 0.870. The molecule has 0 saturated heterocycles. The van der Waals surface area contributed by atoms with E-state index in [1.807, 2.05) is 5.48 Å². The van der Waals surface area contributed by atoms with Crippen molar-refractivity contribution in [1.82, 2.24) is 0 Å². The Bertz CT molecular complexity index is 200. The molecule has 1 radical (unpaired) electrons. The predicted molar refractivity (Wildman–Crippen MR) is 35.1 cm³/mol. The molecule has 1 aromatic carbocycles. The van der Waals surface area contributed by atoms with E-state index in [9.17, 15) is 0 Å². The van der Waals surface area contributed by atoms with Crippen LogP contribution in [0.1, 0.15) is 0 Å². The molecule has 0 heterocycles. The number of nitrogens with two attached hydrogens (primary N) is 1. The second kappa shape index (κ2) is 2.37. The quantitative estimate of drug-likeness (QED) is 0.383. The van der Waals surface area contributed by atoms with Crippen LogP contribution in [0, 0.1) is 6.07 Å². The number of rotatable bonds is 1. The minimum absolute atomic E-state index is 0.417. The van der Waals surface area contributed by atoms with Crippen molar-refractivity contribution >= 4 is 11.4 Å². The maximum Gasteiger partial charge on any atom is 0.0837 e. The van der Waals surface area contributed by atoms with E-state index in [2.05, 4.69) is 6.07 Å². The Morgan fingerprint density at radius 1 is 1.67 bits per heavy atom. The number of nitrogen functional groups attached to an aromatic ring is 1. The van der Waals surface area contributed by atoms with Crippen LogP contribution in [0.3, 0.4) is 0 Å². The molecular weight excluding hydrogens is 116 g/mol. The lowest BCUT2D eigenvalue weighted by atomic mass is 10.3. The molecule has 0 aliphatic heterocycles. The Kier molecular flexibility index (Phi) is 1.55. The van der Waals surface area contributed by atoms with Gasteiger partial charge in [0.1, 0.15) is 0 Å². The van der Waals surface area contributed by atoms with Crippen molar-refractivity contribution in [2.24, 2.45) is 0 Å². The molecule has 1 aromatic rings. The second-order valence-corrected chi connectivity index (χ2v) is 1.61. The van der Waals surface area contributed by atoms with Crippen molar-refractivity contribution in [1.29, 1.82) is 0 Å². The summed E-state index contributed by atoms with van der Waals surface area (Å²) in [7, 11) is 0. The topological polar surface area (TPSA) is 58.3 Å². The zero-order chi connectivity index (χ0) is 6.69. The van der Waals surface area contributed by atoms with Crippen LogP contribution < -0.4 is 11.2 Å². The first-order chi connectivity index (χ1) is 4.34. The molecule has 4 N–H and O–H groups in total. The Hall–Kier alpha value is -1.22. The number of anilines is 2. The molecule has 0 bridgehead atoms. The van der Waals surface area contributed by atoms with Gasteiger partial charge in [-0.1, -0.05) is 12.1 Å². The van der Waals surface area contributed by atoms with Gasteiger partial charge in [-0.25, -0.2) is 0 Å². The number of para-hydroxylation sites is 1. The normalized spacial score (nSPS) is 9.00. The van der Waals surface area contributed by atoms with E-state index in [1.54, 1.807) is 18.2 Å². The SMILES string of the molecule is Nc1[c]cccc1NO. The summed E-state index contributed by atoms with van der Waals surface area (Å²) in [6.45, 7) is 0. The molecule has 3 heteroatoms. The fourth-order valence-corrected chi connectivity index (χ4v) is 0.547. The third-order valence-corrected chi connectivity index (χ3v) is 1.01. The van der Waals surface area contributed by atoms with Crippen LogP contribution >= 0.6 is 0 Å². The highest BCUT2D eigenvalue weighted by atomic mass is 16.5. The first kappa shape index (κ1) is 5.91. The standard InChI is InChI=1S/C6H7N2O/c7-5-3-1-2-4-6(5)8-9/h1-2,4,8-9H,7H2. The van der Waals surface area contributed by atoms with E-state index in [0.717, 1.165) is 0 Å². The Labute approximate surface area is 53.1 Å². The molecule has 0 saturated carbocycles. The Morgan fingerprint density at radius 3 is 2.89 bits per heavy atom. The largest absolute Gasteiger partial charge is 0.396 e. The van der Waals surface area contributed by atoms with Gasteiger partial charge >= 0.3 is 0 Å². The number of hydrogen-bond acceptors (Lipinski definition) is 3. The highest BCUT2D eigenvalue weighted by molar-refractivity contribution is 5.63. The molecule has 0 aliphatic carbocycles. The lowest BCUT2D eigenvalue weighted by Gasteiger charge is -1.99. The van der Waals surface area contributed by atoms with Gasteiger partial charge in [0.05, 0.1) is 11.4 Å². The molecule has 0 amide bonds. The van der Waals surface area contributed by atoms with Gasteiger partial charge < -0.3 is 5.73 Å². The summed E-state index contributed by atoms with van der Waals surface area (Å²) in [6, 6.07) is 7.77. The lowest BCUT2D eigenvalue weighted by Crippen LogP contribution is -1.94. The van der Waals surface area contributed by atoms with E-state index in [-0.39, 0.29) is 0 Å². The molecule has 0 aromatic heterocycles. The van der Waals surface area contributed by atoms with Crippen molar-refractivity contribution in [2.45, 2.75) is 0 Å². The monoisotopic (exact) mass is 123 g/mol. The van der Waals surface area contributed by atoms with Crippen LogP contribution in [0.25, 0.3) is 0 Å². The third kappa shape index (κ3) is 1.12.